The maximum atomic E-state index is 13.2. The van der Waals surface area contributed by atoms with Crippen LogP contribution in [0.4, 0.5) is 23.2 Å². The molecule has 1 amide bonds. The number of nitrogens with one attached hydrogen (secondary N) is 1. The van der Waals surface area contributed by atoms with Crippen molar-refractivity contribution >= 4 is 17.9 Å². The minimum atomic E-state index is -4.53. The molecule has 1 N–H and O–H groups in total. The second-order valence-corrected chi connectivity index (χ2v) is 4.39. The Bertz CT molecular complexity index is 726. The highest BCUT2D eigenvalue weighted by atomic mass is 19.4. The molecule has 0 radical (unpaired) electrons. The number of hydrogen-bond donors (Lipinski definition) is 1. The number of alkyl halides is 3. The molecular formula is C15H9F4NO2. The van der Waals surface area contributed by atoms with Gasteiger partial charge in [0.25, 0.3) is 5.91 Å². The number of carbonyl (C=O) groups excluding carboxylic acids is 2. The van der Waals surface area contributed by atoms with Gasteiger partial charge in [0.2, 0.25) is 0 Å². The molecule has 0 spiro atoms. The zero-order valence-electron chi connectivity index (χ0n) is 10.9. The predicted octanol–water partition coefficient (Wildman–Crippen LogP) is 3.91. The Labute approximate surface area is 122 Å². The maximum absolute atomic E-state index is 13.2. The average Bonchev–Trinajstić information content (AvgIpc) is 2.47. The molecule has 0 fully saturated rings. The molecular weight excluding hydrogens is 302 g/mol. The summed E-state index contributed by atoms with van der Waals surface area (Å²) in [6.45, 7) is 0. The van der Waals surface area contributed by atoms with Gasteiger partial charge in [0.15, 0.2) is 6.29 Å². The van der Waals surface area contributed by atoms with Gasteiger partial charge >= 0.3 is 6.18 Å². The van der Waals surface area contributed by atoms with Crippen molar-refractivity contribution in [3.63, 3.8) is 0 Å². The average molecular weight is 311 g/mol. The first-order valence-electron chi connectivity index (χ1n) is 6.04. The number of aldehydes is 1. The first-order valence-corrected chi connectivity index (χ1v) is 6.04. The van der Waals surface area contributed by atoms with E-state index in [1.165, 1.54) is 6.07 Å². The van der Waals surface area contributed by atoms with E-state index in [9.17, 15) is 27.2 Å². The third-order valence-corrected chi connectivity index (χ3v) is 2.83. The molecule has 0 aromatic heterocycles. The molecule has 7 heteroatoms. The van der Waals surface area contributed by atoms with Crippen molar-refractivity contribution in [1.29, 1.82) is 0 Å². The summed E-state index contributed by atoms with van der Waals surface area (Å²) in [5.41, 5.74) is -1.31. The molecule has 0 unspecified atom stereocenters. The number of rotatable bonds is 3. The van der Waals surface area contributed by atoms with Crippen LogP contribution in [0.15, 0.2) is 42.5 Å². The third-order valence-electron chi connectivity index (χ3n) is 2.83. The lowest BCUT2D eigenvalue weighted by atomic mass is 10.1. The van der Waals surface area contributed by atoms with Crippen molar-refractivity contribution in [2.45, 2.75) is 6.18 Å². The maximum Gasteiger partial charge on any atom is 0.416 e. The van der Waals surface area contributed by atoms with Gasteiger partial charge in [0.1, 0.15) is 5.82 Å². The first-order chi connectivity index (χ1) is 10.3. The fourth-order valence-electron chi connectivity index (χ4n) is 1.75. The van der Waals surface area contributed by atoms with E-state index in [0.717, 1.165) is 36.4 Å². The number of halogens is 4. The molecule has 0 aliphatic carbocycles. The molecule has 2 aromatic carbocycles. The van der Waals surface area contributed by atoms with Gasteiger partial charge < -0.3 is 5.32 Å². The molecule has 0 aliphatic rings. The quantitative estimate of drug-likeness (QED) is 0.690. The van der Waals surface area contributed by atoms with Crippen molar-refractivity contribution in [1.82, 2.24) is 0 Å². The Hall–Kier alpha value is -2.70. The number of benzene rings is 2. The predicted molar refractivity (Wildman–Crippen MR) is 71.2 cm³/mol. The summed E-state index contributed by atoms with van der Waals surface area (Å²) in [5, 5.41) is 2.26. The third kappa shape index (κ3) is 3.49. The first kappa shape index (κ1) is 15.7. The SMILES string of the molecule is O=Cc1cc(C(=O)Nc2cccc(C(F)(F)F)c2)ccc1F. The largest absolute Gasteiger partial charge is 0.416 e. The molecule has 0 heterocycles. The van der Waals surface area contributed by atoms with Gasteiger partial charge in [0.05, 0.1) is 11.1 Å². The molecule has 0 saturated carbocycles. The van der Waals surface area contributed by atoms with Crippen LogP contribution in [0.3, 0.4) is 0 Å². The van der Waals surface area contributed by atoms with Gasteiger partial charge in [-0.05, 0) is 36.4 Å². The molecule has 22 heavy (non-hydrogen) atoms. The number of anilines is 1. The second-order valence-electron chi connectivity index (χ2n) is 4.39. The van der Waals surface area contributed by atoms with Crippen molar-refractivity contribution in [3.05, 3.63) is 65.0 Å². The van der Waals surface area contributed by atoms with E-state index in [-0.39, 0.29) is 23.1 Å². The Morgan fingerprint density at radius 2 is 1.82 bits per heavy atom. The van der Waals surface area contributed by atoms with Crippen molar-refractivity contribution in [2.24, 2.45) is 0 Å². The van der Waals surface area contributed by atoms with Gasteiger partial charge in [-0.15, -0.1) is 0 Å². The van der Waals surface area contributed by atoms with Crippen LogP contribution in [0.2, 0.25) is 0 Å². The summed E-state index contributed by atoms with van der Waals surface area (Å²) in [7, 11) is 0. The fourth-order valence-corrected chi connectivity index (χ4v) is 1.75. The number of amides is 1. The fraction of sp³-hybridized carbons (Fsp3) is 0.0667. The standard InChI is InChI=1S/C15H9F4NO2/c16-13-5-4-9(6-10(13)8-21)14(22)20-12-3-1-2-11(7-12)15(17,18)19/h1-8H,(H,20,22). The van der Waals surface area contributed by atoms with Crippen LogP contribution in [0.5, 0.6) is 0 Å². The van der Waals surface area contributed by atoms with Crippen molar-refractivity contribution in [2.75, 3.05) is 5.32 Å². The van der Waals surface area contributed by atoms with Gasteiger partial charge in [-0.1, -0.05) is 6.07 Å². The molecule has 3 nitrogen and oxygen atoms in total. The summed E-state index contributed by atoms with van der Waals surface area (Å²) >= 11 is 0. The Balaban J connectivity index is 2.24. The Morgan fingerprint density at radius 1 is 1.09 bits per heavy atom. The summed E-state index contributed by atoms with van der Waals surface area (Å²) in [4.78, 5) is 22.5. The van der Waals surface area contributed by atoms with Crippen molar-refractivity contribution < 1.29 is 27.2 Å². The molecule has 0 saturated heterocycles. The zero-order chi connectivity index (χ0) is 16.3. The van der Waals surface area contributed by atoms with Gasteiger partial charge in [-0.3, -0.25) is 9.59 Å². The van der Waals surface area contributed by atoms with Crippen LogP contribution in [0, 0.1) is 5.82 Å². The van der Waals surface area contributed by atoms with E-state index < -0.39 is 23.5 Å². The zero-order valence-corrected chi connectivity index (χ0v) is 10.9. The van der Waals surface area contributed by atoms with E-state index in [2.05, 4.69) is 5.32 Å². The van der Waals surface area contributed by atoms with Crippen LogP contribution >= 0.6 is 0 Å². The van der Waals surface area contributed by atoms with Gasteiger partial charge in [-0.25, -0.2) is 4.39 Å². The van der Waals surface area contributed by atoms with E-state index in [1.807, 2.05) is 0 Å². The lowest BCUT2D eigenvalue weighted by Gasteiger charge is -2.10. The van der Waals surface area contributed by atoms with Gasteiger partial charge in [-0.2, -0.15) is 13.2 Å². The van der Waals surface area contributed by atoms with E-state index >= 15 is 0 Å². The smallest absolute Gasteiger partial charge is 0.322 e. The van der Waals surface area contributed by atoms with Crippen LogP contribution in [-0.4, -0.2) is 12.2 Å². The summed E-state index contributed by atoms with van der Waals surface area (Å²) in [5.74, 6) is -1.53. The second kappa shape index (κ2) is 5.97. The van der Waals surface area contributed by atoms with Gasteiger partial charge in [0, 0.05) is 11.3 Å². The lowest BCUT2D eigenvalue weighted by Crippen LogP contribution is -2.13. The Morgan fingerprint density at radius 3 is 2.45 bits per heavy atom. The van der Waals surface area contributed by atoms with Crippen LogP contribution < -0.4 is 5.32 Å². The van der Waals surface area contributed by atoms with Crippen LogP contribution in [-0.2, 0) is 6.18 Å². The minimum Gasteiger partial charge on any atom is -0.322 e. The molecule has 0 aliphatic heterocycles. The molecule has 0 bridgehead atoms. The number of carbonyl (C=O) groups is 2. The van der Waals surface area contributed by atoms with E-state index in [1.54, 1.807) is 0 Å². The Kier molecular flexibility index (Phi) is 4.25. The van der Waals surface area contributed by atoms with Crippen molar-refractivity contribution in [3.8, 4) is 0 Å². The monoisotopic (exact) mass is 311 g/mol. The summed E-state index contributed by atoms with van der Waals surface area (Å²) < 4.78 is 50.9. The highest BCUT2D eigenvalue weighted by Crippen LogP contribution is 2.30. The molecule has 2 rings (SSSR count). The summed E-state index contributed by atoms with van der Waals surface area (Å²) in [6, 6.07) is 7.18. The lowest BCUT2D eigenvalue weighted by molar-refractivity contribution is -0.137. The highest BCUT2D eigenvalue weighted by Gasteiger charge is 2.30. The van der Waals surface area contributed by atoms with Crippen LogP contribution in [0.25, 0.3) is 0 Å². The minimum absolute atomic E-state index is 0.0408. The normalized spacial score (nSPS) is 11.1. The van der Waals surface area contributed by atoms with Crippen LogP contribution in [0.1, 0.15) is 26.3 Å². The highest BCUT2D eigenvalue weighted by molar-refractivity contribution is 6.05. The molecule has 114 valence electrons. The molecule has 0 atom stereocenters. The van der Waals surface area contributed by atoms with E-state index in [4.69, 9.17) is 0 Å². The summed E-state index contributed by atoms with van der Waals surface area (Å²) in [6.07, 6.45) is -4.28. The molecule has 2 aromatic rings. The number of hydrogen-bond acceptors (Lipinski definition) is 2. The van der Waals surface area contributed by atoms with E-state index in [0.29, 0.717) is 0 Å². The topological polar surface area (TPSA) is 46.2 Å².